The summed E-state index contributed by atoms with van der Waals surface area (Å²) in [4.78, 5) is 33.0. The summed E-state index contributed by atoms with van der Waals surface area (Å²) in [6.45, 7) is 1.68. The van der Waals surface area contributed by atoms with Crippen LogP contribution in [0.4, 0.5) is 5.69 Å². The fourth-order valence-electron chi connectivity index (χ4n) is 4.00. The maximum absolute atomic E-state index is 13.0. The van der Waals surface area contributed by atoms with Crippen LogP contribution in [0.3, 0.4) is 0 Å². The van der Waals surface area contributed by atoms with Gasteiger partial charge in [0.2, 0.25) is 0 Å². The van der Waals surface area contributed by atoms with Crippen LogP contribution in [0.1, 0.15) is 16.8 Å². The Balaban J connectivity index is 1.43. The van der Waals surface area contributed by atoms with E-state index < -0.39 is 10.0 Å². The van der Waals surface area contributed by atoms with Crippen molar-refractivity contribution in [3.8, 4) is 0 Å². The first-order chi connectivity index (χ1) is 17.3. The van der Waals surface area contributed by atoms with Gasteiger partial charge in [0.1, 0.15) is 10.6 Å². The number of carbonyl (C=O) groups excluding carboxylic acids is 2. The first-order valence-electron chi connectivity index (χ1n) is 11.2. The number of pyridine rings is 1. The lowest BCUT2D eigenvalue weighted by atomic mass is 10.2. The van der Waals surface area contributed by atoms with E-state index in [2.05, 4.69) is 9.71 Å². The number of aromatic nitrogens is 1. The Labute approximate surface area is 213 Å². The van der Waals surface area contributed by atoms with Crippen molar-refractivity contribution in [3.63, 3.8) is 0 Å². The minimum Gasteiger partial charge on any atom is -0.394 e. The van der Waals surface area contributed by atoms with E-state index in [0.29, 0.717) is 49.4 Å². The Kier molecular flexibility index (Phi) is 7.77. The third kappa shape index (κ3) is 5.61. The minimum absolute atomic E-state index is 0.0691. The van der Waals surface area contributed by atoms with Crippen molar-refractivity contribution in [2.45, 2.75) is 11.3 Å². The molecule has 0 spiro atoms. The SMILES string of the molecule is NS/C=C(\N)C(=O)N1CCCN(C(=O)c2ccc(NS(=O)(=O)c3cccc4cccnc34)cc2)CC1. The molecule has 3 aromatic rings. The fourth-order valence-corrected chi connectivity index (χ4v) is 5.48. The molecule has 36 heavy (non-hydrogen) atoms. The molecule has 0 saturated carbocycles. The van der Waals surface area contributed by atoms with E-state index in [1.54, 1.807) is 64.5 Å². The summed E-state index contributed by atoms with van der Waals surface area (Å²) in [6, 6.07) is 14.8. The number of rotatable bonds is 6. The van der Waals surface area contributed by atoms with Crippen molar-refractivity contribution in [1.29, 1.82) is 0 Å². The van der Waals surface area contributed by atoms with Crippen LogP contribution in [0.2, 0.25) is 0 Å². The largest absolute Gasteiger partial charge is 0.394 e. The average Bonchev–Trinajstić information content (AvgIpc) is 3.14. The first-order valence-corrected chi connectivity index (χ1v) is 13.6. The zero-order valence-corrected chi connectivity index (χ0v) is 21.0. The van der Waals surface area contributed by atoms with Gasteiger partial charge in [-0.1, -0.05) is 30.1 Å². The van der Waals surface area contributed by atoms with Gasteiger partial charge in [0.25, 0.3) is 21.8 Å². The van der Waals surface area contributed by atoms with Crippen LogP contribution >= 0.6 is 11.9 Å². The summed E-state index contributed by atoms with van der Waals surface area (Å²) >= 11 is 0.868. The van der Waals surface area contributed by atoms with Crippen molar-refractivity contribution < 1.29 is 18.0 Å². The van der Waals surface area contributed by atoms with E-state index >= 15 is 0 Å². The summed E-state index contributed by atoms with van der Waals surface area (Å²) in [5.41, 5.74) is 6.95. The zero-order chi connectivity index (χ0) is 25.7. The van der Waals surface area contributed by atoms with Crippen molar-refractivity contribution in [3.05, 3.63) is 77.5 Å². The van der Waals surface area contributed by atoms with Gasteiger partial charge in [0, 0.05) is 54.4 Å². The molecule has 1 saturated heterocycles. The molecule has 2 heterocycles. The molecule has 2 amide bonds. The number of nitrogens with one attached hydrogen (secondary N) is 1. The highest BCUT2D eigenvalue weighted by Crippen LogP contribution is 2.23. The van der Waals surface area contributed by atoms with Crippen LogP contribution in [-0.4, -0.2) is 61.2 Å². The van der Waals surface area contributed by atoms with Crippen LogP contribution in [0.15, 0.2) is 76.8 Å². The molecule has 4 rings (SSSR count). The lowest BCUT2D eigenvalue weighted by molar-refractivity contribution is -0.127. The monoisotopic (exact) mass is 526 g/mol. The molecule has 5 N–H and O–H groups in total. The topological polar surface area (TPSA) is 152 Å². The summed E-state index contributed by atoms with van der Waals surface area (Å²) in [6.07, 6.45) is 2.15. The van der Waals surface area contributed by atoms with Gasteiger partial charge in [-0.2, -0.15) is 0 Å². The molecular formula is C24H26N6O4S2. The predicted molar refractivity (Wildman–Crippen MR) is 140 cm³/mol. The van der Waals surface area contributed by atoms with Gasteiger partial charge in [0.05, 0.1) is 5.52 Å². The van der Waals surface area contributed by atoms with Gasteiger partial charge < -0.3 is 15.5 Å². The summed E-state index contributed by atoms with van der Waals surface area (Å²) in [5.74, 6) is -0.502. The molecular weight excluding hydrogens is 500 g/mol. The van der Waals surface area contributed by atoms with Crippen LogP contribution in [-0.2, 0) is 14.8 Å². The number of hydrogen-bond donors (Lipinski definition) is 3. The quantitative estimate of drug-likeness (QED) is 0.326. The molecule has 1 fully saturated rings. The van der Waals surface area contributed by atoms with Crippen molar-refractivity contribution in [2.75, 3.05) is 30.9 Å². The number of amides is 2. The number of hydrogen-bond acceptors (Lipinski definition) is 8. The number of para-hydroxylation sites is 1. The van der Waals surface area contributed by atoms with Gasteiger partial charge in [-0.25, -0.2) is 8.42 Å². The Morgan fingerprint density at radius 3 is 2.42 bits per heavy atom. The Morgan fingerprint density at radius 1 is 0.972 bits per heavy atom. The third-order valence-corrected chi connectivity index (χ3v) is 7.58. The van der Waals surface area contributed by atoms with Gasteiger partial charge in [-0.15, -0.1) is 0 Å². The molecule has 2 aromatic carbocycles. The molecule has 1 aliphatic rings. The number of fused-ring (bicyclic) bond motifs is 1. The van der Waals surface area contributed by atoms with Crippen LogP contribution in [0.25, 0.3) is 10.9 Å². The number of nitrogens with zero attached hydrogens (tertiary/aromatic N) is 3. The molecule has 0 radical (unpaired) electrons. The molecule has 1 aromatic heterocycles. The van der Waals surface area contributed by atoms with Crippen molar-refractivity contribution in [1.82, 2.24) is 14.8 Å². The van der Waals surface area contributed by atoms with E-state index in [0.717, 1.165) is 17.3 Å². The summed E-state index contributed by atoms with van der Waals surface area (Å²) in [7, 11) is -3.89. The second-order valence-electron chi connectivity index (χ2n) is 8.16. The van der Waals surface area contributed by atoms with E-state index in [4.69, 9.17) is 10.9 Å². The van der Waals surface area contributed by atoms with Crippen molar-refractivity contribution in [2.24, 2.45) is 10.9 Å². The molecule has 0 atom stereocenters. The van der Waals surface area contributed by atoms with Gasteiger partial charge in [0.15, 0.2) is 0 Å². The summed E-state index contributed by atoms with van der Waals surface area (Å²) in [5, 5.41) is 7.46. The number of benzene rings is 2. The molecule has 1 aliphatic heterocycles. The fraction of sp³-hybridized carbons (Fsp3) is 0.208. The first kappa shape index (κ1) is 25.5. The molecule has 0 aliphatic carbocycles. The van der Waals surface area contributed by atoms with Gasteiger partial charge >= 0.3 is 0 Å². The number of nitrogens with two attached hydrogens (primary N) is 2. The lowest BCUT2D eigenvalue weighted by Crippen LogP contribution is -2.39. The minimum atomic E-state index is -3.89. The van der Waals surface area contributed by atoms with Crippen LogP contribution in [0, 0.1) is 0 Å². The Hall–Kier alpha value is -3.61. The van der Waals surface area contributed by atoms with E-state index in [1.807, 2.05) is 0 Å². The molecule has 188 valence electrons. The van der Waals surface area contributed by atoms with E-state index in [1.165, 1.54) is 11.5 Å². The number of sulfonamides is 1. The molecule has 0 bridgehead atoms. The maximum Gasteiger partial charge on any atom is 0.270 e. The second kappa shape index (κ2) is 11.0. The predicted octanol–water partition coefficient (Wildman–Crippen LogP) is 2.12. The van der Waals surface area contributed by atoms with Gasteiger partial charge in [-0.3, -0.25) is 24.4 Å². The second-order valence-corrected chi connectivity index (χ2v) is 10.3. The smallest absolute Gasteiger partial charge is 0.270 e. The van der Waals surface area contributed by atoms with E-state index in [9.17, 15) is 18.0 Å². The maximum atomic E-state index is 13.0. The normalized spacial score (nSPS) is 15.0. The van der Waals surface area contributed by atoms with Crippen molar-refractivity contribution >= 4 is 50.4 Å². The zero-order valence-electron chi connectivity index (χ0n) is 19.3. The molecule has 12 heteroatoms. The number of anilines is 1. The highest BCUT2D eigenvalue weighted by atomic mass is 32.2. The highest BCUT2D eigenvalue weighted by Gasteiger charge is 2.24. The lowest BCUT2D eigenvalue weighted by Gasteiger charge is -2.22. The molecule has 0 unspecified atom stereocenters. The third-order valence-electron chi connectivity index (χ3n) is 5.78. The van der Waals surface area contributed by atoms with Crippen LogP contribution < -0.4 is 15.6 Å². The molecule has 10 nitrogen and oxygen atoms in total. The number of carbonyl (C=O) groups is 2. The standard InChI is InChI=1S/C24H26N6O4S2/c25-20(16-35-26)24(32)30-13-3-12-29(14-15-30)23(31)18-7-9-19(10-8-18)28-36(33,34)21-6-1-4-17-5-2-11-27-22(17)21/h1-2,4-11,16,28H,3,12-15,25-26H2/b20-16-. The van der Waals surface area contributed by atoms with Gasteiger partial charge in [-0.05, 0) is 42.8 Å². The highest BCUT2D eigenvalue weighted by molar-refractivity contribution is 8.00. The average molecular weight is 527 g/mol. The Morgan fingerprint density at radius 2 is 1.67 bits per heavy atom. The van der Waals surface area contributed by atoms with E-state index in [-0.39, 0.29) is 22.4 Å². The Bertz CT molecular complexity index is 1400. The summed E-state index contributed by atoms with van der Waals surface area (Å²) < 4.78 is 28.6. The van der Waals surface area contributed by atoms with Crippen LogP contribution in [0.5, 0.6) is 0 Å².